The van der Waals surface area contributed by atoms with Crippen LogP contribution < -0.4 is 11.5 Å². The fourth-order valence-electron chi connectivity index (χ4n) is 2.08. The molecule has 3 aromatic rings. The molecule has 0 atom stereocenters. The lowest BCUT2D eigenvalue weighted by Gasteiger charge is -2.07. The Hall–Kier alpha value is -2.00. The highest BCUT2D eigenvalue weighted by Gasteiger charge is 2.30. The summed E-state index contributed by atoms with van der Waals surface area (Å²) < 4.78 is 38.7. The highest BCUT2D eigenvalue weighted by molar-refractivity contribution is 8.01. The molecule has 0 saturated carbocycles. The highest BCUT2D eigenvalue weighted by Crippen LogP contribution is 2.42. The van der Waals surface area contributed by atoms with Crippen LogP contribution in [0.25, 0.3) is 10.2 Å². The number of halogens is 3. The van der Waals surface area contributed by atoms with Crippen molar-refractivity contribution in [2.75, 3.05) is 11.5 Å². The standard InChI is InChI=1S/C14H11F3N4S2/c1-6-9-10(18)20-13(19)21-11(9)23-12(6)22-8-4-2-7(3-5-8)14(15,16)17/h2-5H,1H3,(H4,18,19,20,21). The molecular weight excluding hydrogens is 345 g/mol. The minimum absolute atomic E-state index is 0.0994. The first-order valence-corrected chi connectivity index (χ1v) is 8.06. The van der Waals surface area contributed by atoms with Crippen LogP contribution in [0.1, 0.15) is 11.1 Å². The Bertz CT molecular complexity index is 872. The van der Waals surface area contributed by atoms with Crippen molar-refractivity contribution in [2.45, 2.75) is 22.2 Å². The predicted octanol–water partition coefficient (Wildman–Crippen LogP) is 4.33. The molecule has 0 aliphatic rings. The van der Waals surface area contributed by atoms with E-state index >= 15 is 0 Å². The lowest BCUT2D eigenvalue weighted by molar-refractivity contribution is -0.137. The zero-order valence-corrected chi connectivity index (χ0v) is 13.4. The first-order valence-electron chi connectivity index (χ1n) is 6.43. The molecule has 4 N–H and O–H groups in total. The molecule has 0 amide bonds. The predicted molar refractivity (Wildman–Crippen MR) is 86.5 cm³/mol. The van der Waals surface area contributed by atoms with Crippen molar-refractivity contribution in [1.29, 1.82) is 0 Å². The molecule has 3 rings (SSSR count). The highest BCUT2D eigenvalue weighted by atomic mass is 32.2. The number of nitrogen functional groups attached to an aromatic ring is 2. The van der Waals surface area contributed by atoms with Gasteiger partial charge in [-0.2, -0.15) is 18.2 Å². The molecule has 0 aliphatic carbocycles. The fourth-order valence-corrected chi connectivity index (χ4v) is 4.45. The third kappa shape index (κ3) is 3.06. The number of fused-ring (bicyclic) bond motifs is 1. The lowest BCUT2D eigenvalue weighted by atomic mass is 10.2. The van der Waals surface area contributed by atoms with Gasteiger partial charge in [-0.1, -0.05) is 11.8 Å². The number of nitrogens with zero attached hydrogens (tertiary/aromatic N) is 2. The summed E-state index contributed by atoms with van der Waals surface area (Å²) in [4.78, 5) is 9.46. The maximum absolute atomic E-state index is 12.6. The van der Waals surface area contributed by atoms with E-state index in [-0.39, 0.29) is 5.95 Å². The molecule has 0 fully saturated rings. The minimum Gasteiger partial charge on any atom is -0.383 e. The molecule has 120 valence electrons. The van der Waals surface area contributed by atoms with Crippen LogP contribution in [-0.4, -0.2) is 9.97 Å². The van der Waals surface area contributed by atoms with Crippen LogP contribution in [0.5, 0.6) is 0 Å². The van der Waals surface area contributed by atoms with E-state index in [9.17, 15) is 13.2 Å². The normalized spacial score (nSPS) is 12.0. The van der Waals surface area contributed by atoms with Crippen LogP contribution in [0, 0.1) is 6.92 Å². The summed E-state index contributed by atoms with van der Waals surface area (Å²) in [6.07, 6.45) is -4.34. The number of hydrogen-bond donors (Lipinski definition) is 2. The van der Waals surface area contributed by atoms with Crippen molar-refractivity contribution in [3.63, 3.8) is 0 Å². The van der Waals surface area contributed by atoms with Gasteiger partial charge in [-0.15, -0.1) is 11.3 Å². The summed E-state index contributed by atoms with van der Waals surface area (Å²) in [7, 11) is 0. The van der Waals surface area contributed by atoms with Crippen LogP contribution in [0.15, 0.2) is 33.4 Å². The summed E-state index contributed by atoms with van der Waals surface area (Å²) in [5, 5.41) is 0.735. The van der Waals surface area contributed by atoms with Crippen molar-refractivity contribution < 1.29 is 13.2 Å². The first-order chi connectivity index (χ1) is 10.8. The maximum Gasteiger partial charge on any atom is 0.416 e. The molecule has 4 nitrogen and oxygen atoms in total. The number of rotatable bonds is 2. The van der Waals surface area contributed by atoms with Crippen LogP contribution in [0.4, 0.5) is 24.9 Å². The van der Waals surface area contributed by atoms with Crippen LogP contribution >= 0.6 is 23.1 Å². The molecule has 0 aliphatic heterocycles. The summed E-state index contributed by atoms with van der Waals surface area (Å²) in [6.45, 7) is 1.88. The SMILES string of the molecule is Cc1c(Sc2ccc(C(F)(F)F)cc2)sc2nc(N)nc(N)c12. The van der Waals surface area contributed by atoms with Gasteiger partial charge in [0.15, 0.2) is 0 Å². The van der Waals surface area contributed by atoms with Crippen molar-refractivity contribution >= 4 is 45.1 Å². The molecular formula is C14H11F3N4S2. The van der Waals surface area contributed by atoms with Gasteiger partial charge in [0, 0.05) is 4.90 Å². The average molecular weight is 356 g/mol. The summed E-state index contributed by atoms with van der Waals surface area (Å²) in [6, 6.07) is 5.02. The van der Waals surface area contributed by atoms with Gasteiger partial charge in [0.05, 0.1) is 15.2 Å². The molecule has 9 heteroatoms. The number of aryl methyl sites for hydroxylation is 1. The van der Waals surface area contributed by atoms with E-state index in [1.54, 1.807) is 0 Å². The third-order valence-corrected chi connectivity index (χ3v) is 5.66. The quantitative estimate of drug-likeness (QED) is 0.714. The minimum atomic E-state index is -4.34. The number of anilines is 2. The Morgan fingerprint density at radius 3 is 2.35 bits per heavy atom. The molecule has 23 heavy (non-hydrogen) atoms. The van der Waals surface area contributed by atoms with Gasteiger partial charge in [0.1, 0.15) is 10.6 Å². The first kappa shape index (κ1) is 15.9. The Kier molecular flexibility index (Phi) is 3.85. The van der Waals surface area contributed by atoms with Crippen molar-refractivity contribution in [2.24, 2.45) is 0 Å². The number of nitrogens with two attached hydrogens (primary N) is 2. The molecule has 0 radical (unpaired) electrons. The number of hydrogen-bond acceptors (Lipinski definition) is 6. The second kappa shape index (κ2) is 5.57. The van der Waals surface area contributed by atoms with E-state index in [1.807, 2.05) is 6.92 Å². The smallest absolute Gasteiger partial charge is 0.383 e. The van der Waals surface area contributed by atoms with E-state index in [2.05, 4.69) is 9.97 Å². The van der Waals surface area contributed by atoms with Gasteiger partial charge in [-0.3, -0.25) is 0 Å². The Morgan fingerprint density at radius 2 is 1.74 bits per heavy atom. The van der Waals surface area contributed by atoms with Gasteiger partial charge >= 0.3 is 6.18 Å². The van der Waals surface area contributed by atoms with Crippen LogP contribution in [0.2, 0.25) is 0 Å². The van der Waals surface area contributed by atoms with Crippen molar-refractivity contribution in [3.05, 3.63) is 35.4 Å². The number of alkyl halides is 3. The molecule has 2 heterocycles. The van der Waals surface area contributed by atoms with E-state index in [0.29, 0.717) is 15.5 Å². The van der Waals surface area contributed by atoms with Crippen molar-refractivity contribution in [1.82, 2.24) is 9.97 Å². The maximum atomic E-state index is 12.6. The summed E-state index contributed by atoms with van der Waals surface area (Å²) in [5.74, 6) is 0.405. The average Bonchev–Trinajstić information content (AvgIpc) is 2.74. The molecule has 0 bridgehead atoms. The van der Waals surface area contributed by atoms with E-state index in [4.69, 9.17) is 11.5 Å². The van der Waals surface area contributed by atoms with Crippen LogP contribution in [0.3, 0.4) is 0 Å². The van der Waals surface area contributed by atoms with Gasteiger partial charge in [-0.05, 0) is 36.8 Å². The monoisotopic (exact) mass is 356 g/mol. The Balaban J connectivity index is 1.96. The zero-order valence-electron chi connectivity index (χ0n) is 11.8. The number of aromatic nitrogens is 2. The zero-order chi connectivity index (χ0) is 16.8. The van der Waals surface area contributed by atoms with Gasteiger partial charge in [0.25, 0.3) is 0 Å². The molecule has 0 saturated heterocycles. The largest absolute Gasteiger partial charge is 0.416 e. The van der Waals surface area contributed by atoms with Gasteiger partial charge in [-0.25, -0.2) is 4.98 Å². The molecule has 0 unspecified atom stereocenters. The van der Waals surface area contributed by atoms with E-state index in [1.165, 1.54) is 35.2 Å². The fraction of sp³-hybridized carbons (Fsp3) is 0.143. The second-order valence-corrected chi connectivity index (χ2v) is 7.13. The number of benzene rings is 1. The van der Waals surface area contributed by atoms with E-state index in [0.717, 1.165) is 27.3 Å². The van der Waals surface area contributed by atoms with E-state index < -0.39 is 11.7 Å². The van der Waals surface area contributed by atoms with Gasteiger partial charge in [0.2, 0.25) is 5.95 Å². The molecule has 2 aromatic heterocycles. The summed E-state index contributed by atoms with van der Waals surface area (Å²) >= 11 is 2.75. The molecule has 1 aromatic carbocycles. The van der Waals surface area contributed by atoms with Crippen LogP contribution in [-0.2, 0) is 6.18 Å². The van der Waals surface area contributed by atoms with Gasteiger partial charge < -0.3 is 11.5 Å². The van der Waals surface area contributed by atoms with Crippen molar-refractivity contribution in [3.8, 4) is 0 Å². The lowest BCUT2D eigenvalue weighted by Crippen LogP contribution is -2.03. The molecule has 0 spiro atoms. The topological polar surface area (TPSA) is 77.8 Å². The summed E-state index contributed by atoms with van der Waals surface area (Å²) in [5.41, 5.74) is 11.7. The second-order valence-electron chi connectivity index (χ2n) is 4.79. The Morgan fingerprint density at radius 1 is 1.09 bits per heavy atom. The number of thiophene rings is 1. The Labute approximate surface area is 137 Å². The third-order valence-electron chi connectivity index (χ3n) is 3.18.